The summed E-state index contributed by atoms with van der Waals surface area (Å²) in [5, 5.41) is 5.44. The van der Waals surface area contributed by atoms with Gasteiger partial charge in [0, 0.05) is 0 Å². The quantitative estimate of drug-likeness (QED) is 0.487. The summed E-state index contributed by atoms with van der Waals surface area (Å²) in [6, 6.07) is 0. The van der Waals surface area contributed by atoms with Gasteiger partial charge in [-0.3, -0.25) is 0 Å². The Balaban J connectivity index is 4.75. The summed E-state index contributed by atoms with van der Waals surface area (Å²) < 4.78 is 10.0. The second kappa shape index (κ2) is 8.71. The van der Waals surface area contributed by atoms with Gasteiger partial charge in [-0.2, -0.15) is 0 Å². The van der Waals surface area contributed by atoms with E-state index < -0.39 is 30.5 Å². The van der Waals surface area contributed by atoms with Gasteiger partial charge in [-0.1, -0.05) is 0 Å². The molecule has 27 heavy (non-hydrogen) atoms. The molecule has 7 nitrogen and oxygen atoms in total. The average Bonchev–Trinajstić information content (AvgIpc) is 2.14. The Labute approximate surface area is 169 Å². The minimum absolute atomic E-state index is 0.00397. The molecule has 0 aromatic carbocycles. The summed E-state index contributed by atoms with van der Waals surface area (Å²) >= 11 is 6.00. The van der Waals surface area contributed by atoms with Gasteiger partial charge in [-0.15, -0.1) is 0 Å². The van der Waals surface area contributed by atoms with E-state index in [0.29, 0.717) is 12.8 Å². The first-order chi connectivity index (χ1) is 11.6. The van der Waals surface area contributed by atoms with E-state index in [0.717, 1.165) is 0 Å². The van der Waals surface area contributed by atoms with E-state index >= 15 is 0 Å². The fourth-order valence-corrected chi connectivity index (χ4v) is 4.69. The van der Waals surface area contributed by atoms with Crippen molar-refractivity contribution in [3.63, 3.8) is 0 Å². The van der Waals surface area contributed by atoms with Gasteiger partial charge in [0.05, 0.1) is 0 Å². The molecule has 0 aliphatic rings. The zero-order valence-electron chi connectivity index (χ0n) is 18.5. The third kappa shape index (κ3) is 14.0. The molecule has 162 valence electrons. The predicted octanol–water partition coefficient (Wildman–Crippen LogP) is 5.48. The third-order valence-electron chi connectivity index (χ3n) is 3.29. The van der Waals surface area contributed by atoms with E-state index in [2.05, 4.69) is 52.2 Å². The second-order valence-corrected chi connectivity index (χ2v) is 14.0. The fraction of sp³-hybridized carbons (Fsp3) is 0.889. The number of amides is 2. The van der Waals surface area contributed by atoms with Gasteiger partial charge >= 0.3 is 169 Å². The van der Waals surface area contributed by atoms with Crippen LogP contribution in [0.2, 0.25) is 0 Å². The number of carbonyl (C=O) groups excluding carboxylic acids is 2. The first-order valence-corrected chi connectivity index (χ1v) is 12.0. The predicted molar refractivity (Wildman–Crippen MR) is 114 cm³/mol. The van der Waals surface area contributed by atoms with Crippen molar-refractivity contribution in [2.24, 2.45) is 16.3 Å². The standard InChI is InChI=1S/C18H39ClN3O4P/c1-15(2,3)11-17(7,8)21-13(23)25-27(19,20)26-14(24)22-18(9,10)12-16(4,5)6/h27H,11-12,20H2,1-10H3,(H,21,23)(H,22,24). The van der Waals surface area contributed by atoms with E-state index in [4.69, 9.17) is 25.8 Å². The van der Waals surface area contributed by atoms with Crippen LogP contribution in [0.25, 0.3) is 0 Å². The Morgan fingerprint density at radius 2 is 1.04 bits per heavy atom. The van der Waals surface area contributed by atoms with E-state index in [-0.39, 0.29) is 10.8 Å². The fourth-order valence-electron chi connectivity index (χ4n) is 3.62. The van der Waals surface area contributed by atoms with Crippen LogP contribution in [0.4, 0.5) is 9.59 Å². The summed E-state index contributed by atoms with van der Waals surface area (Å²) in [6.45, 7) is 19.9. The van der Waals surface area contributed by atoms with Crippen LogP contribution >= 0.6 is 18.5 Å². The number of halogens is 1. The molecule has 2 amide bonds. The maximum atomic E-state index is 12.1. The van der Waals surface area contributed by atoms with Gasteiger partial charge in [0.2, 0.25) is 0 Å². The van der Waals surface area contributed by atoms with Crippen LogP contribution in [0.15, 0.2) is 0 Å². The molecule has 0 saturated heterocycles. The van der Waals surface area contributed by atoms with Gasteiger partial charge in [0.25, 0.3) is 0 Å². The van der Waals surface area contributed by atoms with Crippen LogP contribution in [-0.2, 0) is 9.05 Å². The number of nitrogens with one attached hydrogen (secondary N) is 2. The van der Waals surface area contributed by atoms with Crippen molar-refractivity contribution in [2.45, 2.75) is 93.2 Å². The molecule has 0 fully saturated rings. The Hall–Kier alpha value is -0.780. The van der Waals surface area contributed by atoms with E-state index in [1.807, 2.05) is 27.7 Å². The van der Waals surface area contributed by atoms with Crippen molar-refractivity contribution in [2.75, 3.05) is 0 Å². The Morgan fingerprint density at radius 1 is 0.778 bits per heavy atom. The summed E-state index contributed by atoms with van der Waals surface area (Å²) in [4.78, 5) is 24.3. The van der Waals surface area contributed by atoms with Gasteiger partial charge in [0.1, 0.15) is 0 Å². The Morgan fingerprint density at radius 3 is 1.26 bits per heavy atom. The zero-order valence-corrected chi connectivity index (χ0v) is 20.3. The van der Waals surface area contributed by atoms with Gasteiger partial charge in [0.15, 0.2) is 0 Å². The number of hydrogen-bond acceptors (Lipinski definition) is 5. The zero-order chi connectivity index (χ0) is 21.9. The van der Waals surface area contributed by atoms with Gasteiger partial charge in [-0.25, -0.2) is 0 Å². The van der Waals surface area contributed by atoms with Crippen LogP contribution in [0.5, 0.6) is 0 Å². The molecule has 9 heteroatoms. The van der Waals surface area contributed by atoms with Gasteiger partial charge in [-0.05, 0) is 0 Å². The molecule has 0 heterocycles. The molecular formula is C18H39ClN3O4P. The summed E-state index contributed by atoms with van der Waals surface area (Å²) in [7, 11) is -4.00. The van der Waals surface area contributed by atoms with E-state index in [1.165, 1.54) is 0 Å². The van der Waals surface area contributed by atoms with Gasteiger partial charge < -0.3 is 0 Å². The van der Waals surface area contributed by atoms with Crippen molar-refractivity contribution in [3.8, 4) is 0 Å². The maximum absolute atomic E-state index is 12.1. The Kier molecular flexibility index (Phi) is 8.46. The molecule has 0 radical (unpaired) electrons. The summed E-state index contributed by atoms with van der Waals surface area (Å²) in [5.74, 6) is 0. The minimum atomic E-state index is -4.00. The SMILES string of the molecule is CC(C)(C)CC(C)(C)NC(=O)O[PH](N)(Cl)OC(=O)NC(C)(C)CC(C)(C)C. The number of nitrogens with two attached hydrogens (primary N) is 1. The first-order valence-electron chi connectivity index (χ1n) is 9.12. The third-order valence-corrected chi connectivity index (χ3v) is 4.68. The van der Waals surface area contributed by atoms with Crippen molar-refractivity contribution in [3.05, 3.63) is 0 Å². The molecule has 0 aliphatic carbocycles. The molecular weight excluding hydrogens is 389 g/mol. The average molecular weight is 428 g/mol. The molecule has 0 bridgehead atoms. The topological polar surface area (TPSA) is 103 Å². The van der Waals surface area contributed by atoms with Crippen LogP contribution in [0.3, 0.4) is 0 Å². The molecule has 4 N–H and O–H groups in total. The Bertz CT molecular complexity index is 492. The molecule has 0 aromatic heterocycles. The first kappa shape index (κ1) is 26.2. The summed E-state index contributed by atoms with van der Waals surface area (Å²) in [5.41, 5.74) is 4.69. The molecule has 0 unspecified atom stereocenters. The molecule has 0 aliphatic heterocycles. The molecule has 0 rings (SSSR count). The van der Waals surface area contributed by atoms with E-state index in [1.54, 1.807) is 0 Å². The monoisotopic (exact) mass is 427 g/mol. The number of hydrogen-bond donors (Lipinski definition) is 3. The molecule has 0 spiro atoms. The number of rotatable bonds is 6. The van der Waals surface area contributed by atoms with Crippen LogP contribution in [-0.4, -0.2) is 23.3 Å². The van der Waals surface area contributed by atoms with Crippen molar-refractivity contribution < 1.29 is 18.6 Å². The molecule has 0 atom stereocenters. The van der Waals surface area contributed by atoms with Crippen molar-refractivity contribution in [1.29, 1.82) is 0 Å². The van der Waals surface area contributed by atoms with E-state index in [9.17, 15) is 9.59 Å². The normalized spacial score (nSPS) is 14.4. The summed E-state index contributed by atoms with van der Waals surface area (Å²) in [6.07, 6.45) is -0.206. The van der Waals surface area contributed by atoms with Crippen LogP contribution in [0, 0.1) is 10.8 Å². The molecule has 0 aromatic rings. The van der Waals surface area contributed by atoms with Crippen molar-refractivity contribution in [1.82, 2.24) is 10.6 Å². The second-order valence-electron chi connectivity index (χ2n) is 10.9. The van der Waals surface area contributed by atoms with Crippen molar-refractivity contribution >= 4 is 30.6 Å². The van der Waals surface area contributed by atoms with Crippen LogP contribution in [0.1, 0.15) is 82.1 Å². The molecule has 0 saturated carbocycles. The number of carbonyl (C=O) groups is 2. The van der Waals surface area contributed by atoms with Crippen LogP contribution < -0.4 is 16.1 Å².